The van der Waals surface area contributed by atoms with Crippen molar-refractivity contribution >= 4 is 5.91 Å². The zero-order valence-corrected chi connectivity index (χ0v) is 12.4. The Labute approximate surface area is 121 Å². The smallest absolute Gasteiger partial charge is 0.228 e. The minimum atomic E-state index is -0.182. The van der Waals surface area contributed by atoms with Crippen molar-refractivity contribution in [1.29, 1.82) is 0 Å². The molecule has 0 spiro atoms. The lowest BCUT2D eigenvalue weighted by Crippen LogP contribution is -2.42. The van der Waals surface area contributed by atoms with Crippen molar-refractivity contribution in [2.24, 2.45) is 5.92 Å². The van der Waals surface area contributed by atoms with Crippen molar-refractivity contribution in [3.8, 4) is 0 Å². The van der Waals surface area contributed by atoms with E-state index in [1.54, 1.807) is 0 Å². The molecule has 3 nitrogen and oxygen atoms in total. The van der Waals surface area contributed by atoms with Gasteiger partial charge in [-0.3, -0.25) is 4.79 Å². The maximum atomic E-state index is 12.6. The Morgan fingerprint density at radius 1 is 1.15 bits per heavy atom. The van der Waals surface area contributed by atoms with Gasteiger partial charge in [0.1, 0.15) is 0 Å². The maximum absolute atomic E-state index is 12.6. The minimum absolute atomic E-state index is 0.0944. The summed E-state index contributed by atoms with van der Waals surface area (Å²) < 4.78 is 0. The molecule has 1 aromatic rings. The number of nitrogens with one attached hydrogen (secondary N) is 1. The van der Waals surface area contributed by atoms with Gasteiger partial charge in [0, 0.05) is 6.04 Å². The van der Waals surface area contributed by atoms with Crippen molar-refractivity contribution < 1.29 is 9.90 Å². The molecule has 1 fully saturated rings. The van der Waals surface area contributed by atoms with Crippen LogP contribution in [0.2, 0.25) is 0 Å². The summed E-state index contributed by atoms with van der Waals surface area (Å²) in [6, 6.07) is 10.2. The predicted octanol–water partition coefficient (Wildman–Crippen LogP) is 2.85. The average Bonchev–Trinajstić information content (AvgIpc) is 2.42. The van der Waals surface area contributed by atoms with E-state index >= 15 is 0 Å². The number of rotatable bonds is 4. The van der Waals surface area contributed by atoms with Crippen LogP contribution < -0.4 is 5.32 Å². The van der Waals surface area contributed by atoms with Gasteiger partial charge >= 0.3 is 0 Å². The Kier molecular flexibility index (Phi) is 5.18. The highest BCUT2D eigenvalue weighted by atomic mass is 16.3. The largest absolute Gasteiger partial charge is 0.393 e. The molecule has 0 aromatic heterocycles. The summed E-state index contributed by atoms with van der Waals surface area (Å²) in [5.41, 5.74) is 1.08. The highest BCUT2D eigenvalue weighted by Gasteiger charge is 2.27. The molecule has 1 saturated carbocycles. The molecular weight excluding hydrogens is 250 g/mol. The summed E-state index contributed by atoms with van der Waals surface area (Å²) >= 11 is 0. The fourth-order valence-electron chi connectivity index (χ4n) is 3.01. The quantitative estimate of drug-likeness (QED) is 0.887. The first-order valence-corrected chi connectivity index (χ1v) is 7.61. The normalized spacial score (nSPS) is 24.4. The van der Waals surface area contributed by atoms with E-state index in [9.17, 15) is 9.90 Å². The number of benzene rings is 1. The lowest BCUT2D eigenvalue weighted by Gasteiger charge is -2.29. The minimum Gasteiger partial charge on any atom is -0.393 e. The van der Waals surface area contributed by atoms with Crippen molar-refractivity contribution in [2.75, 3.05) is 0 Å². The third kappa shape index (κ3) is 3.83. The Hall–Kier alpha value is -1.35. The van der Waals surface area contributed by atoms with Crippen LogP contribution in [-0.2, 0) is 4.79 Å². The first-order chi connectivity index (χ1) is 9.58. The molecule has 3 heteroatoms. The number of amides is 1. The van der Waals surface area contributed by atoms with Crippen molar-refractivity contribution in [1.82, 2.24) is 5.32 Å². The summed E-state index contributed by atoms with van der Waals surface area (Å²) in [6.45, 7) is 4.17. The first kappa shape index (κ1) is 15.0. The molecule has 1 unspecified atom stereocenters. The molecule has 1 aliphatic rings. The predicted molar refractivity (Wildman–Crippen MR) is 80.4 cm³/mol. The zero-order chi connectivity index (χ0) is 14.5. The van der Waals surface area contributed by atoms with E-state index in [1.807, 2.05) is 30.3 Å². The van der Waals surface area contributed by atoms with Crippen LogP contribution in [0.25, 0.3) is 0 Å². The van der Waals surface area contributed by atoms with E-state index in [1.165, 1.54) is 0 Å². The topological polar surface area (TPSA) is 49.3 Å². The summed E-state index contributed by atoms with van der Waals surface area (Å²) in [5.74, 6) is 0.294. The first-order valence-electron chi connectivity index (χ1n) is 7.61. The maximum Gasteiger partial charge on any atom is 0.228 e. The van der Waals surface area contributed by atoms with Gasteiger partial charge in [0.2, 0.25) is 5.91 Å². The van der Waals surface area contributed by atoms with Crippen LogP contribution in [0.4, 0.5) is 0 Å². The van der Waals surface area contributed by atoms with Crippen LogP contribution >= 0.6 is 0 Å². The van der Waals surface area contributed by atoms with E-state index in [-0.39, 0.29) is 29.9 Å². The summed E-state index contributed by atoms with van der Waals surface area (Å²) in [7, 11) is 0. The van der Waals surface area contributed by atoms with E-state index in [2.05, 4.69) is 19.2 Å². The third-order valence-electron chi connectivity index (χ3n) is 4.15. The second-order valence-electron chi connectivity index (χ2n) is 6.15. The van der Waals surface area contributed by atoms with Crippen molar-refractivity contribution in [3.63, 3.8) is 0 Å². The van der Waals surface area contributed by atoms with Crippen LogP contribution in [0.3, 0.4) is 0 Å². The average molecular weight is 275 g/mol. The molecule has 0 heterocycles. The van der Waals surface area contributed by atoms with E-state index in [0.717, 1.165) is 31.2 Å². The molecule has 0 bridgehead atoms. The van der Waals surface area contributed by atoms with Crippen LogP contribution in [0, 0.1) is 5.92 Å². The molecule has 20 heavy (non-hydrogen) atoms. The molecule has 1 aliphatic carbocycles. The molecule has 1 aromatic carbocycles. The third-order valence-corrected chi connectivity index (χ3v) is 4.15. The number of aliphatic hydroxyl groups excluding tert-OH is 1. The molecule has 2 N–H and O–H groups in total. The Morgan fingerprint density at radius 3 is 2.30 bits per heavy atom. The summed E-state index contributed by atoms with van der Waals surface area (Å²) in [6.07, 6.45) is 3.17. The fraction of sp³-hybridized carbons (Fsp3) is 0.588. The van der Waals surface area contributed by atoms with Gasteiger partial charge in [-0.25, -0.2) is 0 Å². The van der Waals surface area contributed by atoms with Gasteiger partial charge in [0.25, 0.3) is 0 Å². The number of hydrogen-bond donors (Lipinski definition) is 2. The van der Waals surface area contributed by atoms with Gasteiger partial charge in [-0.05, 0) is 37.2 Å². The molecular formula is C17H25NO2. The van der Waals surface area contributed by atoms with Crippen molar-refractivity contribution in [3.05, 3.63) is 35.9 Å². The Morgan fingerprint density at radius 2 is 1.75 bits per heavy atom. The number of carbonyl (C=O) groups excluding carboxylic acids is 1. The van der Waals surface area contributed by atoms with Gasteiger partial charge in [0.05, 0.1) is 12.0 Å². The molecule has 1 amide bonds. The zero-order valence-electron chi connectivity index (χ0n) is 12.4. The van der Waals surface area contributed by atoms with Crippen molar-refractivity contribution in [2.45, 2.75) is 57.6 Å². The molecule has 2 rings (SSSR count). The van der Waals surface area contributed by atoms with E-state index in [0.29, 0.717) is 0 Å². The summed E-state index contributed by atoms with van der Waals surface area (Å²) in [4.78, 5) is 12.6. The molecule has 110 valence electrons. The Bertz CT molecular complexity index is 422. The standard InChI is InChI=1S/C17H25NO2/c1-12(2)16(13-6-4-3-5-7-13)17(20)18-14-8-10-15(19)11-9-14/h3-7,12,14-16,19H,8-11H2,1-2H3,(H,18,20). The van der Waals surface area contributed by atoms with Gasteiger partial charge in [-0.2, -0.15) is 0 Å². The van der Waals surface area contributed by atoms with Crippen LogP contribution in [-0.4, -0.2) is 23.2 Å². The second kappa shape index (κ2) is 6.89. The van der Waals surface area contributed by atoms with E-state index < -0.39 is 0 Å². The Balaban J connectivity index is 2.01. The molecule has 1 atom stereocenters. The molecule has 0 aliphatic heterocycles. The van der Waals surface area contributed by atoms with Crippen LogP contribution in [0.1, 0.15) is 51.0 Å². The van der Waals surface area contributed by atoms with Gasteiger partial charge < -0.3 is 10.4 Å². The highest BCUT2D eigenvalue weighted by molar-refractivity contribution is 5.84. The molecule has 0 saturated heterocycles. The van der Waals surface area contributed by atoms with Crippen LogP contribution in [0.5, 0.6) is 0 Å². The monoisotopic (exact) mass is 275 g/mol. The fourth-order valence-corrected chi connectivity index (χ4v) is 3.01. The van der Waals surface area contributed by atoms with Gasteiger partial charge in [-0.15, -0.1) is 0 Å². The highest BCUT2D eigenvalue weighted by Crippen LogP contribution is 2.26. The lowest BCUT2D eigenvalue weighted by molar-refractivity contribution is -0.124. The number of aliphatic hydroxyl groups is 1. The van der Waals surface area contributed by atoms with E-state index in [4.69, 9.17) is 0 Å². The van der Waals surface area contributed by atoms with Gasteiger partial charge in [0.15, 0.2) is 0 Å². The number of carbonyl (C=O) groups is 1. The van der Waals surface area contributed by atoms with Gasteiger partial charge in [-0.1, -0.05) is 44.2 Å². The second-order valence-corrected chi connectivity index (χ2v) is 6.15. The summed E-state index contributed by atoms with van der Waals surface area (Å²) in [5, 5.41) is 12.7. The molecule has 0 radical (unpaired) electrons. The van der Waals surface area contributed by atoms with Crippen LogP contribution in [0.15, 0.2) is 30.3 Å². The number of hydrogen-bond acceptors (Lipinski definition) is 2. The lowest BCUT2D eigenvalue weighted by atomic mass is 9.86. The SMILES string of the molecule is CC(C)C(C(=O)NC1CCC(O)CC1)c1ccccc1.